The van der Waals surface area contributed by atoms with Crippen LogP contribution in [0.1, 0.15) is 57.8 Å². The molecular weight excluding hydrogens is 242 g/mol. The van der Waals surface area contributed by atoms with Crippen LogP contribution in [-0.4, -0.2) is 25.0 Å². The normalized spacial score (nSPS) is 27.4. The SMILES string of the molecule is COC(=O)C1CCC(NC(=O)CCC2CCC2)CC1. The van der Waals surface area contributed by atoms with Crippen LogP contribution in [0.2, 0.25) is 0 Å². The first kappa shape index (κ1) is 14.4. The van der Waals surface area contributed by atoms with Gasteiger partial charge in [0, 0.05) is 12.5 Å². The molecule has 4 nitrogen and oxygen atoms in total. The fourth-order valence-corrected chi connectivity index (χ4v) is 3.06. The summed E-state index contributed by atoms with van der Waals surface area (Å²) in [6, 6.07) is 0.259. The van der Waals surface area contributed by atoms with Crippen molar-refractivity contribution >= 4 is 11.9 Å². The van der Waals surface area contributed by atoms with E-state index in [-0.39, 0.29) is 23.8 Å². The van der Waals surface area contributed by atoms with Crippen molar-refractivity contribution in [2.24, 2.45) is 11.8 Å². The molecule has 0 saturated heterocycles. The molecule has 2 aliphatic rings. The van der Waals surface area contributed by atoms with E-state index in [4.69, 9.17) is 4.74 Å². The molecule has 108 valence electrons. The Bertz CT molecular complexity index is 317. The van der Waals surface area contributed by atoms with Crippen molar-refractivity contribution in [1.82, 2.24) is 5.32 Å². The van der Waals surface area contributed by atoms with Crippen LogP contribution >= 0.6 is 0 Å². The van der Waals surface area contributed by atoms with Crippen molar-refractivity contribution in [3.8, 4) is 0 Å². The highest BCUT2D eigenvalue weighted by Gasteiger charge is 2.27. The van der Waals surface area contributed by atoms with Gasteiger partial charge in [-0.25, -0.2) is 0 Å². The van der Waals surface area contributed by atoms with Gasteiger partial charge in [-0.05, 0) is 38.0 Å². The summed E-state index contributed by atoms with van der Waals surface area (Å²) >= 11 is 0. The first-order chi connectivity index (χ1) is 9.19. The van der Waals surface area contributed by atoms with Gasteiger partial charge in [-0.1, -0.05) is 19.3 Å². The standard InChI is InChI=1S/C15H25NO3/c1-19-15(18)12-6-8-13(9-7-12)16-14(17)10-5-11-3-2-4-11/h11-13H,2-10H2,1H3,(H,16,17). The van der Waals surface area contributed by atoms with Crippen molar-refractivity contribution in [2.75, 3.05) is 7.11 Å². The molecule has 1 amide bonds. The molecule has 0 bridgehead atoms. The van der Waals surface area contributed by atoms with E-state index in [0.29, 0.717) is 6.42 Å². The molecule has 19 heavy (non-hydrogen) atoms. The first-order valence-corrected chi connectivity index (χ1v) is 7.56. The second kappa shape index (κ2) is 6.92. The fraction of sp³-hybridized carbons (Fsp3) is 0.867. The number of methoxy groups -OCH3 is 1. The molecular formula is C15H25NO3. The van der Waals surface area contributed by atoms with E-state index in [0.717, 1.165) is 38.0 Å². The Kier molecular flexibility index (Phi) is 5.23. The van der Waals surface area contributed by atoms with Gasteiger partial charge >= 0.3 is 5.97 Å². The van der Waals surface area contributed by atoms with E-state index in [1.807, 2.05) is 0 Å². The van der Waals surface area contributed by atoms with Crippen LogP contribution in [0.3, 0.4) is 0 Å². The summed E-state index contributed by atoms with van der Waals surface area (Å²) in [7, 11) is 1.44. The predicted octanol–water partition coefficient (Wildman–Crippen LogP) is 2.41. The van der Waals surface area contributed by atoms with Crippen molar-refractivity contribution < 1.29 is 14.3 Å². The molecule has 2 rings (SSSR count). The van der Waals surface area contributed by atoms with Gasteiger partial charge in [0.25, 0.3) is 0 Å². The number of ether oxygens (including phenoxy) is 1. The van der Waals surface area contributed by atoms with Crippen LogP contribution in [-0.2, 0) is 14.3 Å². The lowest BCUT2D eigenvalue weighted by molar-refractivity contribution is -0.146. The minimum absolute atomic E-state index is 0.0353. The van der Waals surface area contributed by atoms with Crippen LogP contribution in [0.15, 0.2) is 0 Å². The van der Waals surface area contributed by atoms with Crippen molar-refractivity contribution in [3.05, 3.63) is 0 Å². The quantitative estimate of drug-likeness (QED) is 0.778. The van der Waals surface area contributed by atoms with Crippen LogP contribution < -0.4 is 5.32 Å². The Hall–Kier alpha value is -1.06. The lowest BCUT2D eigenvalue weighted by Gasteiger charge is -2.28. The Morgan fingerprint density at radius 2 is 1.79 bits per heavy atom. The second-order valence-corrected chi connectivity index (χ2v) is 5.97. The summed E-state index contributed by atoms with van der Waals surface area (Å²) in [6.45, 7) is 0. The summed E-state index contributed by atoms with van der Waals surface area (Å²) in [5.74, 6) is 0.914. The number of hydrogen-bond donors (Lipinski definition) is 1. The van der Waals surface area contributed by atoms with Crippen molar-refractivity contribution in [2.45, 2.75) is 63.8 Å². The molecule has 0 aromatic carbocycles. The van der Waals surface area contributed by atoms with Gasteiger partial charge in [0.1, 0.15) is 0 Å². The zero-order chi connectivity index (χ0) is 13.7. The maximum Gasteiger partial charge on any atom is 0.308 e. The number of amides is 1. The number of rotatable bonds is 5. The summed E-state index contributed by atoms with van der Waals surface area (Å²) in [4.78, 5) is 23.2. The molecule has 0 aromatic heterocycles. The predicted molar refractivity (Wildman–Crippen MR) is 72.5 cm³/mol. The molecule has 0 aliphatic heterocycles. The molecule has 4 heteroatoms. The van der Waals surface area contributed by atoms with E-state index in [1.54, 1.807) is 0 Å². The maximum atomic E-state index is 11.8. The zero-order valence-corrected chi connectivity index (χ0v) is 11.8. The Balaban J connectivity index is 1.61. The highest BCUT2D eigenvalue weighted by Crippen LogP contribution is 2.30. The number of carbonyl (C=O) groups excluding carboxylic acids is 2. The number of carbonyl (C=O) groups is 2. The minimum Gasteiger partial charge on any atom is -0.469 e. The smallest absolute Gasteiger partial charge is 0.308 e. The number of nitrogens with one attached hydrogen (secondary N) is 1. The first-order valence-electron chi connectivity index (χ1n) is 7.56. The lowest BCUT2D eigenvalue weighted by atomic mass is 9.82. The molecule has 0 atom stereocenters. The largest absolute Gasteiger partial charge is 0.469 e. The van der Waals surface area contributed by atoms with Crippen LogP contribution in [0.25, 0.3) is 0 Å². The molecule has 0 unspecified atom stereocenters. The molecule has 2 fully saturated rings. The van der Waals surface area contributed by atoms with E-state index in [1.165, 1.54) is 26.4 Å². The van der Waals surface area contributed by atoms with Crippen LogP contribution in [0, 0.1) is 11.8 Å². The highest BCUT2D eigenvalue weighted by molar-refractivity contribution is 5.76. The van der Waals surface area contributed by atoms with Gasteiger partial charge in [-0.15, -0.1) is 0 Å². The van der Waals surface area contributed by atoms with Crippen LogP contribution in [0.4, 0.5) is 0 Å². The second-order valence-electron chi connectivity index (χ2n) is 5.97. The molecule has 0 heterocycles. The van der Waals surface area contributed by atoms with E-state index < -0.39 is 0 Å². The third-order valence-corrected chi connectivity index (χ3v) is 4.63. The van der Waals surface area contributed by atoms with Gasteiger partial charge < -0.3 is 10.1 Å². The number of hydrogen-bond acceptors (Lipinski definition) is 3. The highest BCUT2D eigenvalue weighted by atomic mass is 16.5. The van der Waals surface area contributed by atoms with Gasteiger partial charge in [0.15, 0.2) is 0 Å². The Labute approximate surface area is 115 Å². The lowest BCUT2D eigenvalue weighted by Crippen LogP contribution is -2.39. The Morgan fingerprint density at radius 1 is 1.11 bits per heavy atom. The molecule has 0 spiro atoms. The van der Waals surface area contributed by atoms with Crippen molar-refractivity contribution in [3.63, 3.8) is 0 Å². The number of esters is 1. The maximum absolute atomic E-state index is 11.8. The average molecular weight is 267 g/mol. The topological polar surface area (TPSA) is 55.4 Å². The summed E-state index contributed by atoms with van der Waals surface area (Å²) < 4.78 is 4.76. The van der Waals surface area contributed by atoms with Gasteiger partial charge in [-0.3, -0.25) is 9.59 Å². The van der Waals surface area contributed by atoms with E-state index in [2.05, 4.69) is 5.32 Å². The third kappa shape index (κ3) is 4.22. The minimum atomic E-state index is -0.102. The van der Waals surface area contributed by atoms with Gasteiger partial charge in [-0.2, -0.15) is 0 Å². The monoisotopic (exact) mass is 267 g/mol. The Morgan fingerprint density at radius 3 is 2.32 bits per heavy atom. The average Bonchev–Trinajstić information content (AvgIpc) is 2.37. The van der Waals surface area contributed by atoms with Crippen LogP contribution in [0.5, 0.6) is 0 Å². The molecule has 2 aliphatic carbocycles. The van der Waals surface area contributed by atoms with Gasteiger partial charge in [0.05, 0.1) is 13.0 Å². The summed E-state index contributed by atoms with van der Waals surface area (Å²) in [6.07, 6.45) is 9.12. The fourth-order valence-electron chi connectivity index (χ4n) is 3.06. The van der Waals surface area contributed by atoms with Gasteiger partial charge in [0.2, 0.25) is 5.91 Å². The van der Waals surface area contributed by atoms with Crippen molar-refractivity contribution in [1.29, 1.82) is 0 Å². The molecule has 1 N–H and O–H groups in total. The summed E-state index contributed by atoms with van der Waals surface area (Å²) in [5, 5.41) is 3.11. The molecule has 0 radical (unpaired) electrons. The summed E-state index contributed by atoms with van der Waals surface area (Å²) in [5.41, 5.74) is 0. The zero-order valence-electron chi connectivity index (χ0n) is 11.8. The molecule has 0 aromatic rings. The van der Waals surface area contributed by atoms with E-state index in [9.17, 15) is 9.59 Å². The van der Waals surface area contributed by atoms with E-state index >= 15 is 0 Å². The third-order valence-electron chi connectivity index (χ3n) is 4.63. The molecule has 2 saturated carbocycles.